The Hall–Kier alpha value is -1.58. The second kappa shape index (κ2) is 8.50. The number of H-pyrrole nitrogens is 1. The number of hydrogen-bond acceptors (Lipinski definition) is 7. The molecule has 1 aromatic carbocycles. The molecule has 126 valence electrons. The fourth-order valence-corrected chi connectivity index (χ4v) is 4.52. The van der Waals surface area contributed by atoms with Crippen LogP contribution >= 0.6 is 34.9 Å². The van der Waals surface area contributed by atoms with Gasteiger partial charge in [0, 0.05) is 12.2 Å². The Morgan fingerprint density at radius 1 is 1.29 bits per heavy atom. The Balaban J connectivity index is 1.40. The lowest BCUT2D eigenvalue weighted by Gasteiger charge is -2.00. The minimum atomic E-state index is -0.0237. The molecule has 0 spiro atoms. The van der Waals surface area contributed by atoms with Gasteiger partial charge in [-0.05, 0) is 24.3 Å². The molecule has 0 saturated heterocycles. The SMILES string of the molecule is CCSc1nnc(NC(=O)CCCSc2nc3ccccc3[nH]2)s1. The Bertz CT molecular complexity index is 783. The van der Waals surface area contributed by atoms with Crippen molar-refractivity contribution >= 4 is 56.9 Å². The number of aromatic nitrogens is 4. The monoisotopic (exact) mass is 379 g/mol. The molecule has 0 fully saturated rings. The summed E-state index contributed by atoms with van der Waals surface area (Å²) < 4.78 is 0.883. The van der Waals surface area contributed by atoms with Gasteiger partial charge in [0.25, 0.3) is 0 Å². The summed E-state index contributed by atoms with van der Waals surface area (Å²) >= 11 is 4.67. The van der Waals surface area contributed by atoms with Crippen molar-refractivity contribution in [1.29, 1.82) is 0 Å². The minimum Gasteiger partial charge on any atom is -0.333 e. The van der Waals surface area contributed by atoms with Crippen molar-refractivity contribution in [2.75, 3.05) is 16.8 Å². The molecule has 0 aliphatic rings. The third kappa shape index (κ3) is 4.71. The molecule has 0 radical (unpaired) electrons. The molecule has 1 amide bonds. The molecule has 2 heterocycles. The number of carbonyl (C=O) groups excluding carboxylic acids is 1. The lowest BCUT2D eigenvalue weighted by molar-refractivity contribution is -0.116. The van der Waals surface area contributed by atoms with Gasteiger partial charge in [0.15, 0.2) is 9.50 Å². The van der Waals surface area contributed by atoms with Gasteiger partial charge in [-0.3, -0.25) is 4.79 Å². The summed E-state index contributed by atoms with van der Waals surface area (Å²) in [7, 11) is 0. The maximum atomic E-state index is 11.9. The molecule has 9 heteroatoms. The first-order valence-corrected chi connectivity index (χ1v) is 10.4. The fraction of sp³-hybridized carbons (Fsp3) is 0.333. The Labute approximate surface area is 152 Å². The summed E-state index contributed by atoms with van der Waals surface area (Å²) in [4.78, 5) is 19.7. The molecule has 2 aromatic heterocycles. The number of anilines is 1. The van der Waals surface area contributed by atoms with E-state index in [9.17, 15) is 4.79 Å². The maximum absolute atomic E-state index is 11.9. The zero-order chi connectivity index (χ0) is 16.8. The van der Waals surface area contributed by atoms with Gasteiger partial charge >= 0.3 is 0 Å². The molecule has 0 bridgehead atoms. The summed E-state index contributed by atoms with van der Waals surface area (Å²) in [5.74, 6) is 1.76. The van der Waals surface area contributed by atoms with Gasteiger partial charge in [-0.15, -0.1) is 10.2 Å². The Morgan fingerprint density at radius 2 is 2.17 bits per heavy atom. The molecule has 0 aliphatic carbocycles. The summed E-state index contributed by atoms with van der Waals surface area (Å²) in [6.07, 6.45) is 1.24. The zero-order valence-corrected chi connectivity index (χ0v) is 15.6. The molecule has 0 saturated carbocycles. The van der Waals surface area contributed by atoms with Crippen molar-refractivity contribution < 1.29 is 4.79 Å². The van der Waals surface area contributed by atoms with Crippen molar-refractivity contribution in [2.24, 2.45) is 0 Å². The number of aromatic amines is 1. The number of imidazole rings is 1. The number of para-hydroxylation sites is 2. The number of benzene rings is 1. The Morgan fingerprint density at radius 3 is 3.00 bits per heavy atom. The van der Waals surface area contributed by atoms with Gasteiger partial charge in [0.05, 0.1) is 11.0 Å². The van der Waals surface area contributed by atoms with E-state index in [1.54, 1.807) is 23.5 Å². The normalized spacial score (nSPS) is 11.0. The van der Waals surface area contributed by atoms with E-state index < -0.39 is 0 Å². The molecule has 3 aromatic rings. The summed E-state index contributed by atoms with van der Waals surface area (Å²) in [5, 5.41) is 12.2. The molecular weight excluding hydrogens is 362 g/mol. The highest BCUT2D eigenvalue weighted by Crippen LogP contribution is 2.25. The average molecular weight is 380 g/mol. The maximum Gasteiger partial charge on any atom is 0.226 e. The number of nitrogens with one attached hydrogen (secondary N) is 2. The lowest BCUT2D eigenvalue weighted by atomic mass is 10.3. The van der Waals surface area contributed by atoms with Crippen molar-refractivity contribution in [2.45, 2.75) is 29.3 Å². The number of thioether (sulfide) groups is 2. The van der Waals surface area contributed by atoms with Gasteiger partial charge in [0.1, 0.15) is 0 Å². The Kier molecular flexibility index (Phi) is 6.11. The number of amides is 1. The molecule has 0 atom stereocenters. The quantitative estimate of drug-likeness (QED) is 0.349. The second-order valence-electron chi connectivity index (χ2n) is 4.87. The largest absolute Gasteiger partial charge is 0.333 e. The van der Waals surface area contributed by atoms with Crippen LogP contribution in [0.5, 0.6) is 0 Å². The van der Waals surface area contributed by atoms with Crippen LogP contribution in [-0.4, -0.2) is 37.6 Å². The zero-order valence-electron chi connectivity index (χ0n) is 13.1. The minimum absolute atomic E-state index is 0.0237. The molecule has 2 N–H and O–H groups in total. The third-order valence-electron chi connectivity index (χ3n) is 3.08. The van der Waals surface area contributed by atoms with E-state index in [-0.39, 0.29) is 5.91 Å². The highest BCUT2D eigenvalue weighted by molar-refractivity contribution is 8.01. The van der Waals surface area contributed by atoms with Crippen molar-refractivity contribution in [3.63, 3.8) is 0 Å². The predicted octanol–water partition coefficient (Wildman–Crippen LogP) is 4.04. The van der Waals surface area contributed by atoms with Crippen LogP contribution in [0.3, 0.4) is 0 Å². The molecular formula is C15H17N5OS3. The van der Waals surface area contributed by atoms with Crippen LogP contribution in [0.4, 0.5) is 5.13 Å². The van der Waals surface area contributed by atoms with E-state index in [1.807, 2.05) is 24.3 Å². The van der Waals surface area contributed by atoms with Gasteiger partial charge in [0.2, 0.25) is 11.0 Å². The third-order valence-corrected chi connectivity index (χ3v) is 5.89. The van der Waals surface area contributed by atoms with Crippen molar-refractivity contribution in [3.05, 3.63) is 24.3 Å². The van der Waals surface area contributed by atoms with Crippen LogP contribution in [-0.2, 0) is 4.79 Å². The molecule has 6 nitrogen and oxygen atoms in total. The topological polar surface area (TPSA) is 83.6 Å². The van der Waals surface area contributed by atoms with Crippen molar-refractivity contribution in [1.82, 2.24) is 20.2 Å². The summed E-state index contributed by atoms with van der Waals surface area (Å²) in [6.45, 7) is 2.06. The number of fused-ring (bicyclic) bond motifs is 1. The first kappa shape index (κ1) is 17.2. The summed E-state index contributed by atoms with van der Waals surface area (Å²) in [5.41, 5.74) is 2.00. The first-order chi connectivity index (χ1) is 11.7. The standard InChI is InChI=1S/C15H17N5OS3/c1-2-22-15-20-19-14(24-15)18-12(21)8-5-9-23-13-16-10-6-3-4-7-11(10)17-13/h3-4,6-7H,2,5,8-9H2,1H3,(H,16,17)(H,18,19,21). The van der Waals surface area contributed by atoms with Crippen LogP contribution in [0.1, 0.15) is 19.8 Å². The molecule has 0 aliphatic heterocycles. The molecule has 3 rings (SSSR count). The van der Waals surface area contributed by atoms with Gasteiger partial charge in [-0.2, -0.15) is 0 Å². The lowest BCUT2D eigenvalue weighted by Crippen LogP contribution is -2.11. The summed E-state index contributed by atoms with van der Waals surface area (Å²) in [6, 6.07) is 7.94. The van der Waals surface area contributed by atoms with Crippen LogP contribution < -0.4 is 5.32 Å². The van der Waals surface area contributed by atoms with E-state index in [2.05, 4.69) is 32.4 Å². The molecule has 0 unspecified atom stereocenters. The number of nitrogens with zero attached hydrogens (tertiary/aromatic N) is 3. The van der Waals surface area contributed by atoms with E-state index in [1.165, 1.54) is 11.3 Å². The van der Waals surface area contributed by atoms with Crippen LogP contribution in [0.25, 0.3) is 11.0 Å². The van der Waals surface area contributed by atoms with Crippen LogP contribution in [0.2, 0.25) is 0 Å². The van der Waals surface area contributed by atoms with Gasteiger partial charge < -0.3 is 10.3 Å². The smallest absolute Gasteiger partial charge is 0.226 e. The number of rotatable bonds is 8. The highest BCUT2D eigenvalue weighted by Gasteiger charge is 2.08. The van der Waals surface area contributed by atoms with E-state index in [0.29, 0.717) is 11.6 Å². The van der Waals surface area contributed by atoms with Crippen LogP contribution in [0, 0.1) is 0 Å². The number of carbonyl (C=O) groups is 1. The van der Waals surface area contributed by atoms with Gasteiger partial charge in [-0.1, -0.05) is 53.9 Å². The fourth-order valence-electron chi connectivity index (χ4n) is 2.02. The number of hydrogen-bond donors (Lipinski definition) is 2. The highest BCUT2D eigenvalue weighted by atomic mass is 32.2. The van der Waals surface area contributed by atoms with Crippen molar-refractivity contribution in [3.8, 4) is 0 Å². The second-order valence-corrected chi connectivity index (χ2v) is 8.44. The predicted molar refractivity (Wildman–Crippen MR) is 101 cm³/mol. The van der Waals surface area contributed by atoms with Crippen LogP contribution in [0.15, 0.2) is 33.8 Å². The first-order valence-electron chi connectivity index (χ1n) is 7.58. The molecule has 24 heavy (non-hydrogen) atoms. The average Bonchev–Trinajstić information content (AvgIpc) is 3.18. The van der Waals surface area contributed by atoms with E-state index in [4.69, 9.17) is 0 Å². The van der Waals surface area contributed by atoms with Gasteiger partial charge in [-0.25, -0.2) is 4.98 Å². The van der Waals surface area contributed by atoms with E-state index >= 15 is 0 Å². The van der Waals surface area contributed by atoms with E-state index in [0.717, 1.165) is 38.5 Å².